The molecule has 1 N–H and O–H groups in total. The average molecular weight is 392 g/mol. The molecule has 6 nitrogen and oxygen atoms in total. The molecule has 28 heavy (non-hydrogen) atoms. The number of rotatable bonds is 5. The summed E-state index contributed by atoms with van der Waals surface area (Å²) in [6.07, 6.45) is 9.14. The number of piperidine rings is 1. The highest BCUT2D eigenvalue weighted by Gasteiger charge is 2.51. The molecule has 0 radical (unpaired) electrons. The summed E-state index contributed by atoms with van der Waals surface area (Å²) in [5, 5.41) is 3.23. The lowest BCUT2D eigenvalue weighted by Gasteiger charge is -2.51. The first-order chi connectivity index (χ1) is 13.4. The molecular formula is C22H37N3O3. The van der Waals surface area contributed by atoms with Crippen molar-refractivity contribution in [1.82, 2.24) is 15.1 Å². The van der Waals surface area contributed by atoms with Crippen molar-refractivity contribution in [2.45, 2.75) is 71.3 Å². The number of carbonyl (C=O) groups is 2. The molecule has 0 bridgehead atoms. The molecule has 2 heterocycles. The van der Waals surface area contributed by atoms with Gasteiger partial charge in [-0.2, -0.15) is 0 Å². The minimum absolute atomic E-state index is 0.148. The molecule has 2 amide bonds. The Morgan fingerprint density at radius 3 is 2.43 bits per heavy atom. The van der Waals surface area contributed by atoms with Crippen LogP contribution in [-0.4, -0.2) is 67.2 Å². The van der Waals surface area contributed by atoms with E-state index in [1.807, 2.05) is 11.8 Å². The number of hydrogen-bond acceptors (Lipinski definition) is 4. The Hall–Kier alpha value is -1.30. The maximum atomic E-state index is 12.5. The standard InChI is InChI=1S/C22H37N3O3/c1-3-28-20(27)25-12-9-22(16-25)13-18(14-22)24-10-5-17(6-11-24)19(26)23-15-21(2)7-4-8-21/h17-18H,3-16H2,1-2H3,(H,23,26). The Kier molecular flexibility index (Phi) is 5.60. The number of carbonyl (C=O) groups excluding carboxylic acids is 2. The lowest BCUT2D eigenvalue weighted by molar-refractivity contribution is -0.128. The molecule has 2 aliphatic carbocycles. The second-order valence-corrected chi connectivity index (χ2v) is 10.1. The number of nitrogens with one attached hydrogen (secondary N) is 1. The predicted octanol–water partition coefficient (Wildman–Crippen LogP) is 3.02. The zero-order chi connectivity index (χ0) is 19.8. The van der Waals surface area contributed by atoms with Crippen LogP contribution in [0.1, 0.15) is 65.2 Å². The summed E-state index contributed by atoms with van der Waals surface area (Å²) < 4.78 is 5.16. The molecule has 0 atom stereocenters. The van der Waals surface area contributed by atoms with E-state index in [1.54, 1.807) is 0 Å². The SMILES string of the molecule is CCOC(=O)N1CCC2(CC(N3CCC(C(=O)NCC4(C)CCC4)CC3)C2)C1. The molecule has 4 aliphatic rings. The van der Waals surface area contributed by atoms with Crippen molar-refractivity contribution >= 4 is 12.0 Å². The van der Waals surface area contributed by atoms with E-state index in [-0.39, 0.29) is 17.9 Å². The predicted molar refractivity (Wildman–Crippen MR) is 108 cm³/mol. The summed E-state index contributed by atoms with van der Waals surface area (Å²) in [6, 6.07) is 0.639. The first-order valence-corrected chi connectivity index (χ1v) is 11.4. The van der Waals surface area contributed by atoms with E-state index in [0.717, 1.165) is 52.0 Å². The third-order valence-electron chi connectivity index (χ3n) is 7.97. The Bertz CT molecular complexity index is 590. The molecule has 2 saturated heterocycles. The first-order valence-electron chi connectivity index (χ1n) is 11.4. The van der Waals surface area contributed by atoms with Crippen LogP contribution in [0.4, 0.5) is 4.79 Å². The smallest absolute Gasteiger partial charge is 0.409 e. The van der Waals surface area contributed by atoms with Crippen LogP contribution in [0, 0.1) is 16.7 Å². The van der Waals surface area contributed by atoms with Crippen LogP contribution in [0.3, 0.4) is 0 Å². The van der Waals surface area contributed by atoms with Gasteiger partial charge in [0, 0.05) is 31.6 Å². The lowest BCUT2D eigenvalue weighted by atomic mass is 9.64. The normalized spacial score (nSPS) is 32.6. The third-order valence-corrected chi connectivity index (χ3v) is 7.97. The van der Waals surface area contributed by atoms with Crippen molar-refractivity contribution in [2.75, 3.05) is 39.3 Å². The van der Waals surface area contributed by atoms with Gasteiger partial charge in [0.1, 0.15) is 0 Å². The number of ether oxygens (including phenoxy) is 1. The summed E-state index contributed by atoms with van der Waals surface area (Å²) >= 11 is 0. The van der Waals surface area contributed by atoms with E-state index in [4.69, 9.17) is 4.74 Å². The van der Waals surface area contributed by atoms with Gasteiger partial charge in [0.25, 0.3) is 0 Å². The topological polar surface area (TPSA) is 61.9 Å². The van der Waals surface area contributed by atoms with E-state index in [1.165, 1.54) is 32.1 Å². The molecule has 0 unspecified atom stereocenters. The van der Waals surface area contributed by atoms with Crippen molar-refractivity contribution < 1.29 is 14.3 Å². The quantitative estimate of drug-likeness (QED) is 0.783. The van der Waals surface area contributed by atoms with E-state index in [2.05, 4.69) is 17.1 Å². The van der Waals surface area contributed by atoms with Gasteiger partial charge in [-0.25, -0.2) is 4.79 Å². The molecule has 0 aromatic rings. The van der Waals surface area contributed by atoms with Gasteiger partial charge < -0.3 is 19.9 Å². The van der Waals surface area contributed by atoms with Crippen LogP contribution in [0.5, 0.6) is 0 Å². The molecule has 0 aromatic heterocycles. The molecule has 158 valence electrons. The van der Waals surface area contributed by atoms with E-state index in [9.17, 15) is 9.59 Å². The van der Waals surface area contributed by atoms with Gasteiger partial charge in [-0.1, -0.05) is 13.3 Å². The second kappa shape index (κ2) is 7.85. The van der Waals surface area contributed by atoms with Crippen LogP contribution >= 0.6 is 0 Å². The summed E-state index contributed by atoms with van der Waals surface area (Å²) in [5.41, 5.74) is 0.680. The number of hydrogen-bond donors (Lipinski definition) is 1. The zero-order valence-electron chi connectivity index (χ0n) is 17.7. The fourth-order valence-electron chi connectivity index (χ4n) is 5.77. The van der Waals surface area contributed by atoms with Gasteiger partial charge in [-0.3, -0.25) is 4.79 Å². The summed E-state index contributed by atoms with van der Waals surface area (Å²) in [4.78, 5) is 29.0. The molecule has 4 fully saturated rings. The van der Waals surface area contributed by atoms with Crippen LogP contribution in [-0.2, 0) is 9.53 Å². The molecule has 0 aromatic carbocycles. The second-order valence-electron chi connectivity index (χ2n) is 10.1. The zero-order valence-corrected chi connectivity index (χ0v) is 17.7. The van der Waals surface area contributed by atoms with Gasteiger partial charge in [0.2, 0.25) is 5.91 Å². The number of nitrogens with zero attached hydrogens (tertiary/aromatic N) is 2. The fourth-order valence-corrected chi connectivity index (χ4v) is 5.77. The molecular weight excluding hydrogens is 354 g/mol. The maximum Gasteiger partial charge on any atom is 0.409 e. The van der Waals surface area contributed by atoms with Crippen molar-refractivity contribution in [3.8, 4) is 0 Å². The van der Waals surface area contributed by atoms with Crippen LogP contribution in [0.2, 0.25) is 0 Å². The monoisotopic (exact) mass is 391 g/mol. The van der Waals surface area contributed by atoms with Crippen LogP contribution in [0.25, 0.3) is 0 Å². The van der Waals surface area contributed by atoms with E-state index >= 15 is 0 Å². The fraction of sp³-hybridized carbons (Fsp3) is 0.909. The Morgan fingerprint density at radius 2 is 1.82 bits per heavy atom. The summed E-state index contributed by atoms with van der Waals surface area (Å²) in [7, 11) is 0. The minimum Gasteiger partial charge on any atom is -0.450 e. The molecule has 4 rings (SSSR count). The van der Waals surface area contributed by atoms with Crippen LogP contribution in [0.15, 0.2) is 0 Å². The number of amides is 2. The maximum absolute atomic E-state index is 12.5. The summed E-state index contributed by atoms with van der Waals surface area (Å²) in [5.74, 6) is 0.471. The molecule has 2 aliphatic heterocycles. The Balaban J connectivity index is 1.17. The molecule has 6 heteroatoms. The lowest BCUT2D eigenvalue weighted by Crippen LogP contribution is -2.55. The Morgan fingerprint density at radius 1 is 1.11 bits per heavy atom. The molecule has 2 saturated carbocycles. The average Bonchev–Trinajstić information content (AvgIpc) is 3.10. The van der Waals surface area contributed by atoms with Crippen molar-refractivity contribution in [1.29, 1.82) is 0 Å². The minimum atomic E-state index is -0.148. The van der Waals surface area contributed by atoms with Gasteiger partial charge in [-0.05, 0) is 75.8 Å². The highest BCUT2D eigenvalue weighted by molar-refractivity contribution is 5.78. The van der Waals surface area contributed by atoms with Crippen molar-refractivity contribution in [3.63, 3.8) is 0 Å². The van der Waals surface area contributed by atoms with Crippen LogP contribution < -0.4 is 5.32 Å². The Labute approximate surface area is 169 Å². The largest absolute Gasteiger partial charge is 0.450 e. The highest BCUT2D eigenvalue weighted by atomic mass is 16.6. The third kappa shape index (κ3) is 4.03. The van der Waals surface area contributed by atoms with Gasteiger partial charge in [0.15, 0.2) is 0 Å². The van der Waals surface area contributed by atoms with E-state index in [0.29, 0.717) is 23.5 Å². The van der Waals surface area contributed by atoms with Gasteiger partial charge in [-0.15, -0.1) is 0 Å². The first kappa shape index (κ1) is 20.0. The van der Waals surface area contributed by atoms with Crippen molar-refractivity contribution in [3.05, 3.63) is 0 Å². The van der Waals surface area contributed by atoms with Gasteiger partial charge >= 0.3 is 6.09 Å². The molecule has 1 spiro atoms. The summed E-state index contributed by atoms with van der Waals surface area (Å²) in [6.45, 7) is 9.24. The number of likely N-dealkylation sites (tertiary alicyclic amines) is 2. The van der Waals surface area contributed by atoms with Crippen molar-refractivity contribution in [2.24, 2.45) is 16.7 Å². The van der Waals surface area contributed by atoms with Gasteiger partial charge in [0.05, 0.1) is 6.61 Å². The van der Waals surface area contributed by atoms with E-state index < -0.39 is 0 Å². The highest BCUT2D eigenvalue weighted by Crippen LogP contribution is 2.50.